The van der Waals surface area contributed by atoms with Gasteiger partial charge in [-0.1, -0.05) is 38.9 Å². The minimum atomic E-state index is 0.136. The van der Waals surface area contributed by atoms with Crippen molar-refractivity contribution in [3.05, 3.63) is 28.2 Å². The summed E-state index contributed by atoms with van der Waals surface area (Å²) in [6.45, 7) is 9.74. The lowest BCUT2D eigenvalue weighted by Gasteiger charge is -2.35. The highest BCUT2D eigenvalue weighted by molar-refractivity contribution is 9.10. The zero-order valence-corrected chi connectivity index (χ0v) is 14.9. The molecule has 3 N–H and O–H groups in total. The highest BCUT2D eigenvalue weighted by atomic mass is 79.9. The van der Waals surface area contributed by atoms with Crippen molar-refractivity contribution < 1.29 is 5.21 Å². The van der Waals surface area contributed by atoms with E-state index in [9.17, 15) is 0 Å². The van der Waals surface area contributed by atoms with Gasteiger partial charge in [0.15, 0.2) is 5.84 Å². The topological polar surface area (TPSA) is 61.8 Å². The van der Waals surface area contributed by atoms with E-state index in [4.69, 9.17) is 10.9 Å². The molecule has 0 spiro atoms. The van der Waals surface area contributed by atoms with Gasteiger partial charge < -0.3 is 15.8 Å². The number of oxime groups is 1. The Morgan fingerprint density at radius 3 is 2.43 bits per heavy atom. The van der Waals surface area contributed by atoms with Crippen LogP contribution >= 0.6 is 15.9 Å². The summed E-state index contributed by atoms with van der Waals surface area (Å²) < 4.78 is 0.843. The van der Waals surface area contributed by atoms with Crippen molar-refractivity contribution in [2.45, 2.75) is 46.6 Å². The SMILES string of the molecule is CCC(CC)N(CC(C)C)c1cccc(Br)c1/C(N)=N/O. The van der Waals surface area contributed by atoms with Gasteiger partial charge in [0, 0.05) is 22.7 Å². The van der Waals surface area contributed by atoms with E-state index >= 15 is 0 Å². The minimum Gasteiger partial charge on any atom is -0.409 e. The maximum absolute atomic E-state index is 9.08. The molecule has 21 heavy (non-hydrogen) atoms. The first-order chi connectivity index (χ1) is 9.96. The lowest BCUT2D eigenvalue weighted by Crippen LogP contribution is -2.38. The van der Waals surface area contributed by atoms with Gasteiger partial charge in [-0.2, -0.15) is 0 Å². The summed E-state index contributed by atoms with van der Waals surface area (Å²) in [4.78, 5) is 2.38. The van der Waals surface area contributed by atoms with Gasteiger partial charge in [-0.05, 0) is 46.8 Å². The summed E-state index contributed by atoms with van der Waals surface area (Å²) in [6, 6.07) is 6.38. The van der Waals surface area contributed by atoms with Gasteiger partial charge in [-0.3, -0.25) is 0 Å². The molecule has 0 amide bonds. The number of hydrogen-bond acceptors (Lipinski definition) is 3. The number of rotatable bonds is 7. The average molecular weight is 356 g/mol. The summed E-state index contributed by atoms with van der Waals surface area (Å²) in [5.74, 6) is 0.668. The Morgan fingerprint density at radius 1 is 1.33 bits per heavy atom. The van der Waals surface area contributed by atoms with Crippen LogP contribution in [-0.4, -0.2) is 23.6 Å². The Labute approximate surface area is 136 Å². The number of benzene rings is 1. The largest absolute Gasteiger partial charge is 0.409 e. The van der Waals surface area contributed by atoms with E-state index in [1.807, 2.05) is 18.2 Å². The van der Waals surface area contributed by atoms with Crippen LogP contribution < -0.4 is 10.6 Å². The fourth-order valence-corrected chi connectivity index (χ4v) is 3.18. The van der Waals surface area contributed by atoms with Crippen LogP contribution in [-0.2, 0) is 0 Å². The third-order valence-electron chi connectivity index (χ3n) is 3.61. The number of hydrogen-bond donors (Lipinski definition) is 2. The quantitative estimate of drug-likeness (QED) is 0.333. The molecule has 1 aromatic carbocycles. The van der Waals surface area contributed by atoms with Gasteiger partial charge in [0.05, 0.1) is 5.56 Å². The first-order valence-corrected chi connectivity index (χ1v) is 8.28. The number of amidine groups is 1. The molecule has 0 aromatic heterocycles. The molecule has 0 saturated carbocycles. The van der Waals surface area contributed by atoms with Crippen LogP contribution in [0.4, 0.5) is 5.69 Å². The Bertz CT molecular complexity index is 484. The fourth-order valence-electron chi connectivity index (χ4n) is 2.62. The molecule has 0 heterocycles. The van der Waals surface area contributed by atoms with Crippen molar-refractivity contribution in [1.82, 2.24) is 0 Å². The minimum absolute atomic E-state index is 0.136. The van der Waals surface area contributed by atoms with E-state index in [1.165, 1.54) is 0 Å². The molecule has 5 heteroatoms. The first kappa shape index (κ1) is 17.8. The molecule has 0 atom stereocenters. The normalized spacial score (nSPS) is 12.2. The first-order valence-electron chi connectivity index (χ1n) is 7.49. The average Bonchev–Trinajstić information content (AvgIpc) is 2.46. The maximum Gasteiger partial charge on any atom is 0.173 e. The molecule has 0 aliphatic rings. The third kappa shape index (κ3) is 4.37. The van der Waals surface area contributed by atoms with E-state index in [1.54, 1.807) is 0 Å². The van der Waals surface area contributed by atoms with Crippen LogP contribution in [0.5, 0.6) is 0 Å². The van der Waals surface area contributed by atoms with Gasteiger partial charge in [0.2, 0.25) is 0 Å². The molecule has 0 radical (unpaired) electrons. The molecule has 0 fully saturated rings. The van der Waals surface area contributed by atoms with Crippen LogP contribution in [0.15, 0.2) is 27.8 Å². The van der Waals surface area contributed by atoms with Crippen molar-refractivity contribution >= 4 is 27.5 Å². The third-order valence-corrected chi connectivity index (χ3v) is 4.27. The number of anilines is 1. The highest BCUT2D eigenvalue weighted by Crippen LogP contribution is 2.31. The van der Waals surface area contributed by atoms with E-state index < -0.39 is 0 Å². The fraction of sp³-hybridized carbons (Fsp3) is 0.562. The van der Waals surface area contributed by atoms with E-state index in [0.29, 0.717) is 12.0 Å². The van der Waals surface area contributed by atoms with Gasteiger partial charge in [-0.15, -0.1) is 0 Å². The number of nitrogens with zero attached hydrogens (tertiary/aromatic N) is 2. The molecule has 0 aliphatic carbocycles. The number of halogens is 1. The smallest absolute Gasteiger partial charge is 0.173 e. The van der Waals surface area contributed by atoms with Crippen molar-refractivity contribution in [2.24, 2.45) is 16.8 Å². The summed E-state index contributed by atoms with van der Waals surface area (Å²) in [6.07, 6.45) is 2.12. The molecule has 4 nitrogen and oxygen atoms in total. The second-order valence-electron chi connectivity index (χ2n) is 5.64. The standard InChI is InChI=1S/C16H26BrN3O/c1-5-12(6-2)20(10-11(3)4)14-9-7-8-13(17)15(14)16(18)19-21/h7-9,11-12,21H,5-6,10H2,1-4H3,(H2,18,19). The Kier molecular flexibility index (Phi) is 7.02. The second-order valence-corrected chi connectivity index (χ2v) is 6.49. The summed E-state index contributed by atoms with van der Waals surface area (Å²) >= 11 is 3.52. The van der Waals surface area contributed by atoms with Gasteiger partial charge in [0.25, 0.3) is 0 Å². The molecule has 0 unspecified atom stereocenters. The zero-order valence-electron chi connectivity index (χ0n) is 13.3. The Hall–Kier alpha value is -1.23. The van der Waals surface area contributed by atoms with E-state index in [2.05, 4.69) is 53.7 Å². The molecule has 118 valence electrons. The monoisotopic (exact) mass is 355 g/mol. The maximum atomic E-state index is 9.08. The molecular weight excluding hydrogens is 330 g/mol. The summed E-state index contributed by atoms with van der Waals surface area (Å²) in [5.41, 5.74) is 7.66. The Morgan fingerprint density at radius 2 is 1.95 bits per heavy atom. The van der Waals surface area contributed by atoms with Crippen LogP contribution in [0, 0.1) is 5.92 Å². The van der Waals surface area contributed by atoms with Gasteiger partial charge in [0.1, 0.15) is 0 Å². The lowest BCUT2D eigenvalue weighted by molar-refractivity contribution is 0.318. The van der Waals surface area contributed by atoms with Crippen LogP contribution in [0.3, 0.4) is 0 Å². The van der Waals surface area contributed by atoms with E-state index in [-0.39, 0.29) is 5.84 Å². The molecule has 1 rings (SSSR count). The Balaban J connectivity index is 3.39. The lowest BCUT2D eigenvalue weighted by atomic mass is 10.0. The van der Waals surface area contributed by atoms with E-state index in [0.717, 1.165) is 35.1 Å². The van der Waals surface area contributed by atoms with Crippen LogP contribution in [0.25, 0.3) is 0 Å². The van der Waals surface area contributed by atoms with Crippen molar-refractivity contribution in [2.75, 3.05) is 11.4 Å². The van der Waals surface area contributed by atoms with Gasteiger partial charge in [-0.25, -0.2) is 0 Å². The van der Waals surface area contributed by atoms with Crippen molar-refractivity contribution in [3.8, 4) is 0 Å². The van der Waals surface area contributed by atoms with Crippen molar-refractivity contribution in [3.63, 3.8) is 0 Å². The zero-order chi connectivity index (χ0) is 16.0. The molecule has 0 aliphatic heterocycles. The van der Waals surface area contributed by atoms with Crippen molar-refractivity contribution in [1.29, 1.82) is 0 Å². The molecular formula is C16H26BrN3O. The highest BCUT2D eigenvalue weighted by Gasteiger charge is 2.22. The molecule has 1 aromatic rings. The summed E-state index contributed by atoms with van der Waals surface area (Å²) in [7, 11) is 0. The predicted molar refractivity (Wildman–Crippen MR) is 93.2 cm³/mol. The van der Waals surface area contributed by atoms with Crippen LogP contribution in [0.2, 0.25) is 0 Å². The van der Waals surface area contributed by atoms with Gasteiger partial charge >= 0.3 is 0 Å². The summed E-state index contributed by atoms with van der Waals surface area (Å²) in [5, 5.41) is 12.3. The number of nitrogens with two attached hydrogens (primary N) is 1. The van der Waals surface area contributed by atoms with Crippen LogP contribution in [0.1, 0.15) is 46.1 Å². The second kappa shape index (κ2) is 8.27. The molecule has 0 saturated heterocycles. The predicted octanol–water partition coefficient (Wildman–Crippen LogP) is 4.19. The molecule has 0 bridgehead atoms.